The van der Waals surface area contributed by atoms with E-state index in [9.17, 15) is 4.79 Å². The van der Waals surface area contributed by atoms with Gasteiger partial charge in [-0.15, -0.1) is 0 Å². The highest BCUT2D eigenvalue weighted by molar-refractivity contribution is 5.66. The van der Waals surface area contributed by atoms with Gasteiger partial charge >= 0.3 is 5.97 Å². The quantitative estimate of drug-likeness (QED) is 0.612. The van der Waals surface area contributed by atoms with Crippen molar-refractivity contribution in [1.82, 2.24) is 4.98 Å². The molecule has 0 radical (unpaired) electrons. The van der Waals surface area contributed by atoms with Gasteiger partial charge in [0.15, 0.2) is 0 Å². The van der Waals surface area contributed by atoms with E-state index in [1.54, 1.807) is 30.5 Å². The summed E-state index contributed by atoms with van der Waals surface area (Å²) in [5, 5.41) is 0. The van der Waals surface area contributed by atoms with Crippen molar-refractivity contribution >= 4 is 5.97 Å². The largest absolute Gasteiger partial charge is 0.449 e. The van der Waals surface area contributed by atoms with E-state index in [1.165, 1.54) is 6.92 Å². The van der Waals surface area contributed by atoms with Gasteiger partial charge in [-0.2, -0.15) is 0 Å². The molecule has 0 amide bonds. The molecule has 4 heteroatoms. The van der Waals surface area contributed by atoms with Crippen molar-refractivity contribution in [2.24, 2.45) is 0 Å². The number of hydrogen-bond acceptors (Lipinski definition) is 4. The van der Waals surface area contributed by atoms with Crippen molar-refractivity contribution in [2.45, 2.75) is 13.2 Å². The lowest BCUT2D eigenvalue weighted by Gasteiger charge is -2.17. The van der Waals surface area contributed by atoms with Crippen molar-refractivity contribution in [3.63, 3.8) is 0 Å². The van der Waals surface area contributed by atoms with Crippen LogP contribution in [-0.2, 0) is 9.53 Å². The van der Waals surface area contributed by atoms with Crippen molar-refractivity contribution < 1.29 is 14.3 Å². The fraction of sp³-hybridized carbons (Fsp3) is 0.143. The Labute approximate surface area is 105 Å². The number of para-hydroxylation sites is 1. The zero-order chi connectivity index (χ0) is 12.8. The molecular weight excluding hydrogens is 230 g/mol. The molecule has 0 saturated carbocycles. The molecular formula is C14H13NO3. The Kier molecular flexibility index (Phi) is 3.91. The second-order valence-electron chi connectivity index (χ2n) is 3.63. The van der Waals surface area contributed by atoms with Crippen LogP contribution in [-0.4, -0.2) is 11.0 Å². The van der Waals surface area contributed by atoms with Crippen molar-refractivity contribution in [3.8, 4) is 5.75 Å². The molecule has 0 aliphatic rings. The molecule has 1 unspecified atom stereocenters. The van der Waals surface area contributed by atoms with E-state index in [-0.39, 0.29) is 0 Å². The molecule has 0 bridgehead atoms. The van der Waals surface area contributed by atoms with Gasteiger partial charge in [-0.3, -0.25) is 9.78 Å². The van der Waals surface area contributed by atoms with Crippen LogP contribution in [0.15, 0.2) is 54.7 Å². The lowest BCUT2D eigenvalue weighted by atomic mass is 10.3. The minimum absolute atomic E-state index is 0.415. The highest BCUT2D eigenvalue weighted by Gasteiger charge is 2.17. The Balaban J connectivity index is 2.18. The van der Waals surface area contributed by atoms with Gasteiger partial charge in [0, 0.05) is 13.1 Å². The number of hydrogen-bond donors (Lipinski definition) is 0. The molecule has 0 aliphatic heterocycles. The molecule has 0 fully saturated rings. The SMILES string of the molecule is CC(=O)OC(Oc1ccccc1)c1ccccn1. The lowest BCUT2D eigenvalue weighted by Crippen LogP contribution is -2.16. The van der Waals surface area contributed by atoms with E-state index in [4.69, 9.17) is 9.47 Å². The molecule has 92 valence electrons. The highest BCUT2D eigenvalue weighted by atomic mass is 16.7. The Bertz CT molecular complexity index is 499. The summed E-state index contributed by atoms with van der Waals surface area (Å²) in [5.41, 5.74) is 0.552. The minimum Gasteiger partial charge on any atom is -0.449 e. The number of ether oxygens (including phenoxy) is 2. The number of esters is 1. The van der Waals surface area contributed by atoms with Crippen molar-refractivity contribution in [1.29, 1.82) is 0 Å². The predicted molar refractivity (Wildman–Crippen MR) is 65.8 cm³/mol. The summed E-state index contributed by atoms with van der Waals surface area (Å²) in [7, 11) is 0. The maximum atomic E-state index is 11.1. The third kappa shape index (κ3) is 3.31. The Hall–Kier alpha value is -2.36. The van der Waals surface area contributed by atoms with E-state index >= 15 is 0 Å². The molecule has 1 heterocycles. The first kappa shape index (κ1) is 12.1. The number of rotatable bonds is 4. The van der Waals surface area contributed by atoms with Gasteiger partial charge in [-0.1, -0.05) is 24.3 Å². The molecule has 4 nitrogen and oxygen atoms in total. The Morgan fingerprint density at radius 2 is 1.83 bits per heavy atom. The zero-order valence-corrected chi connectivity index (χ0v) is 9.95. The molecule has 0 N–H and O–H groups in total. The fourth-order valence-electron chi connectivity index (χ4n) is 1.43. The maximum Gasteiger partial charge on any atom is 0.306 e. The summed E-state index contributed by atoms with van der Waals surface area (Å²) in [6, 6.07) is 14.5. The summed E-state index contributed by atoms with van der Waals surface area (Å²) in [6.45, 7) is 1.34. The third-order valence-electron chi connectivity index (χ3n) is 2.19. The average molecular weight is 243 g/mol. The summed E-state index contributed by atoms with van der Waals surface area (Å²) >= 11 is 0. The van der Waals surface area contributed by atoms with Gasteiger partial charge in [0.1, 0.15) is 11.4 Å². The minimum atomic E-state index is -0.828. The molecule has 18 heavy (non-hydrogen) atoms. The van der Waals surface area contributed by atoms with Crippen LogP contribution in [0.2, 0.25) is 0 Å². The highest BCUT2D eigenvalue weighted by Crippen LogP contribution is 2.21. The van der Waals surface area contributed by atoms with Gasteiger partial charge in [0.05, 0.1) is 0 Å². The topological polar surface area (TPSA) is 48.4 Å². The van der Waals surface area contributed by atoms with Crippen molar-refractivity contribution in [2.75, 3.05) is 0 Å². The number of carbonyl (C=O) groups is 1. The fourth-order valence-corrected chi connectivity index (χ4v) is 1.43. The predicted octanol–water partition coefficient (Wildman–Crippen LogP) is 2.72. The molecule has 1 aromatic heterocycles. The van der Waals surface area contributed by atoms with Crippen LogP contribution in [0.4, 0.5) is 0 Å². The Morgan fingerprint density at radius 3 is 2.44 bits per heavy atom. The van der Waals surface area contributed by atoms with Crippen LogP contribution < -0.4 is 4.74 Å². The van der Waals surface area contributed by atoms with Crippen LogP contribution in [0.1, 0.15) is 18.9 Å². The van der Waals surface area contributed by atoms with E-state index in [0.717, 1.165) is 0 Å². The van der Waals surface area contributed by atoms with Crippen LogP contribution >= 0.6 is 0 Å². The standard InChI is InChI=1S/C14H13NO3/c1-11(16)17-14(13-9-5-6-10-15-13)18-12-7-3-2-4-8-12/h2-10,14H,1H3. The second-order valence-corrected chi connectivity index (χ2v) is 3.63. The van der Waals surface area contributed by atoms with Crippen LogP contribution in [0.25, 0.3) is 0 Å². The normalized spacial score (nSPS) is 11.6. The first-order valence-corrected chi connectivity index (χ1v) is 5.55. The van der Waals surface area contributed by atoms with Crippen LogP contribution in [0.3, 0.4) is 0 Å². The van der Waals surface area contributed by atoms with Gasteiger partial charge in [0.2, 0.25) is 0 Å². The number of nitrogens with zero attached hydrogens (tertiary/aromatic N) is 1. The molecule has 1 aromatic carbocycles. The molecule has 0 saturated heterocycles. The van der Waals surface area contributed by atoms with E-state index in [0.29, 0.717) is 11.4 Å². The third-order valence-corrected chi connectivity index (χ3v) is 2.19. The van der Waals surface area contributed by atoms with Gasteiger partial charge < -0.3 is 9.47 Å². The number of benzene rings is 1. The first-order valence-electron chi connectivity index (χ1n) is 5.55. The maximum absolute atomic E-state index is 11.1. The van der Waals surface area contributed by atoms with Gasteiger partial charge in [-0.25, -0.2) is 0 Å². The van der Waals surface area contributed by atoms with Crippen LogP contribution in [0.5, 0.6) is 5.75 Å². The van der Waals surface area contributed by atoms with Crippen LogP contribution in [0, 0.1) is 0 Å². The molecule has 1 atom stereocenters. The molecule has 0 aliphatic carbocycles. The average Bonchev–Trinajstić information content (AvgIpc) is 2.40. The second kappa shape index (κ2) is 5.82. The first-order chi connectivity index (χ1) is 8.75. The number of carbonyl (C=O) groups excluding carboxylic acids is 1. The van der Waals surface area contributed by atoms with Gasteiger partial charge in [0.25, 0.3) is 6.29 Å². The summed E-state index contributed by atoms with van der Waals surface area (Å²) in [5.74, 6) is 0.205. The summed E-state index contributed by atoms with van der Waals surface area (Å²) in [4.78, 5) is 15.2. The smallest absolute Gasteiger partial charge is 0.306 e. The molecule has 2 aromatic rings. The van der Waals surface area contributed by atoms with Gasteiger partial charge in [-0.05, 0) is 24.3 Å². The molecule has 0 spiro atoms. The summed E-state index contributed by atoms with van der Waals surface area (Å²) < 4.78 is 10.7. The van der Waals surface area contributed by atoms with E-state index < -0.39 is 12.3 Å². The molecule has 2 rings (SSSR count). The summed E-state index contributed by atoms with van der Waals surface area (Å²) in [6.07, 6.45) is 0.797. The van der Waals surface area contributed by atoms with E-state index in [1.807, 2.05) is 24.3 Å². The number of aromatic nitrogens is 1. The monoisotopic (exact) mass is 243 g/mol. The number of pyridine rings is 1. The van der Waals surface area contributed by atoms with E-state index in [2.05, 4.69) is 4.98 Å². The lowest BCUT2D eigenvalue weighted by molar-refractivity contribution is -0.162. The van der Waals surface area contributed by atoms with Crippen molar-refractivity contribution in [3.05, 3.63) is 60.4 Å². The Morgan fingerprint density at radius 1 is 1.11 bits per heavy atom. The zero-order valence-electron chi connectivity index (χ0n) is 9.95.